The molecule has 0 bridgehead atoms. The molecule has 1 fully saturated rings. The van der Waals surface area contributed by atoms with E-state index in [-0.39, 0.29) is 24.1 Å². The molecule has 1 unspecified atom stereocenters. The molecule has 8 heteroatoms. The fraction of sp³-hybridized carbons (Fsp3) is 0.500. The maximum absolute atomic E-state index is 12.5. The lowest BCUT2D eigenvalue weighted by Gasteiger charge is -2.17. The van der Waals surface area contributed by atoms with Gasteiger partial charge in [-0.05, 0) is 51.8 Å². The lowest BCUT2D eigenvalue weighted by molar-refractivity contribution is -0.129. The molecule has 0 radical (unpaired) electrons. The van der Waals surface area contributed by atoms with Gasteiger partial charge < -0.3 is 24.1 Å². The van der Waals surface area contributed by atoms with Crippen molar-refractivity contribution < 1.29 is 28.3 Å². The Bertz CT molecular complexity index is 882. The zero-order chi connectivity index (χ0) is 21.7. The molecule has 0 aliphatic heterocycles. The predicted molar refractivity (Wildman–Crippen MR) is 109 cm³/mol. The van der Waals surface area contributed by atoms with Crippen LogP contribution in [0.1, 0.15) is 60.0 Å². The predicted octanol–water partition coefficient (Wildman–Crippen LogP) is 3.48. The first-order valence-corrected chi connectivity index (χ1v) is 10.1. The van der Waals surface area contributed by atoms with E-state index in [4.69, 9.17) is 18.7 Å². The molecule has 162 valence electrons. The third-order valence-electron chi connectivity index (χ3n) is 5.31. The van der Waals surface area contributed by atoms with Crippen molar-refractivity contribution in [2.75, 3.05) is 7.11 Å². The number of rotatable bonds is 8. The number of amides is 1. The number of nitrogens with zero attached hydrogens (tertiary/aromatic N) is 1. The minimum atomic E-state index is -0.875. The van der Waals surface area contributed by atoms with E-state index in [0.717, 1.165) is 36.9 Å². The first kappa shape index (κ1) is 21.7. The second-order valence-electron chi connectivity index (χ2n) is 7.49. The van der Waals surface area contributed by atoms with Gasteiger partial charge in [-0.3, -0.25) is 4.79 Å². The lowest BCUT2D eigenvalue weighted by Crippen LogP contribution is -2.40. The van der Waals surface area contributed by atoms with E-state index in [9.17, 15) is 9.59 Å². The first-order chi connectivity index (χ1) is 14.4. The fourth-order valence-electron chi connectivity index (χ4n) is 3.44. The van der Waals surface area contributed by atoms with Crippen molar-refractivity contribution >= 4 is 11.9 Å². The molecule has 0 saturated heterocycles. The van der Waals surface area contributed by atoms with Gasteiger partial charge in [0.05, 0.1) is 23.9 Å². The summed E-state index contributed by atoms with van der Waals surface area (Å²) >= 11 is 0. The number of ether oxygens (including phenoxy) is 3. The summed E-state index contributed by atoms with van der Waals surface area (Å²) in [4.78, 5) is 24.7. The quantitative estimate of drug-likeness (QED) is 0.658. The SMILES string of the molecule is COc1cc(C(=O)OC(C)C(=O)NC2CCCC2)ccc1OCc1c(C)noc1C. The number of hydrogen-bond donors (Lipinski definition) is 1. The summed E-state index contributed by atoms with van der Waals surface area (Å²) in [6.45, 7) is 5.49. The van der Waals surface area contributed by atoms with E-state index in [1.807, 2.05) is 13.8 Å². The van der Waals surface area contributed by atoms with Crippen molar-refractivity contribution in [1.82, 2.24) is 10.5 Å². The molecule has 1 aromatic heterocycles. The van der Waals surface area contributed by atoms with Gasteiger partial charge in [0.15, 0.2) is 17.6 Å². The highest BCUT2D eigenvalue weighted by Crippen LogP contribution is 2.30. The molecule has 1 N–H and O–H groups in total. The highest BCUT2D eigenvalue weighted by Gasteiger charge is 2.24. The van der Waals surface area contributed by atoms with Crippen molar-refractivity contribution in [2.24, 2.45) is 0 Å². The maximum atomic E-state index is 12.5. The molecule has 1 amide bonds. The van der Waals surface area contributed by atoms with Crippen LogP contribution in [0.2, 0.25) is 0 Å². The van der Waals surface area contributed by atoms with Gasteiger partial charge in [0.25, 0.3) is 5.91 Å². The van der Waals surface area contributed by atoms with Crippen LogP contribution in [0.25, 0.3) is 0 Å². The fourth-order valence-corrected chi connectivity index (χ4v) is 3.44. The Balaban J connectivity index is 1.61. The molecule has 1 aromatic carbocycles. The largest absolute Gasteiger partial charge is 0.493 e. The molecule has 1 saturated carbocycles. The number of aromatic nitrogens is 1. The zero-order valence-corrected chi connectivity index (χ0v) is 17.8. The number of esters is 1. The number of aryl methyl sites for hydroxylation is 2. The van der Waals surface area contributed by atoms with Crippen LogP contribution in [0.5, 0.6) is 11.5 Å². The molecular weight excluding hydrogens is 388 g/mol. The Morgan fingerprint density at radius 1 is 1.23 bits per heavy atom. The van der Waals surface area contributed by atoms with Gasteiger partial charge in [0.1, 0.15) is 12.4 Å². The molecule has 30 heavy (non-hydrogen) atoms. The molecule has 0 spiro atoms. The van der Waals surface area contributed by atoms with Crippen LogP contribution in [0.3, 0.4) is 0 Å². The maximum Gasteiger partial charge on any atom is 0.339 e. The number of carbonyl (C=O) groups excluding carboxylic acids is 2. The lowest BCUT2D eigenvalue weighted by atomic mass is 10.2. The third-order valence-corrected chi connectivity index (χ3v) is 5.31. The van der Waals surface area contributed by atoms with Crippen LogP contribution in [-0.4, -0.2) is 36.3 Å². The van der Waals surface area contributed by atoms with Crippen molar-refractivity contribution in [3.05, 3.63) is 40.8 Å². The average Bonchev–Trinajstić information content (AvgIpc) is 3.36. The molecular formula is C22H28N2O6. The Labute approximate surface area is 175 Å². The Hall–Kier alpha value is -3.03. The average molecular weight is 416 g/mol. The van der Waals surface area contributed by atoms with Crippen LogP contribution in [-0.2, 0) is 16.1 Å². The number of nitrogens with one attached hydrogen (secondary N) is 1. The van der Waals surface area contributed by atoms with Crippen molar-refractivity contribution in [1.29, 1.82) is 0 Å². The van der Waals surface area contributed by atoms with Gasteiger partial charge in [-0.1, -0.05) is 18.0 Å². The van der Waals surface area contributed by atoms with Crippen LogP contribution >= 0.6 is 0 Å². The standard InChI is InChI=1S/C22H28N2O6/c1-13-18(14(2)30-24-13)12-28-19-10-9-16(11-20(19)27-4)22(26)29-15(3)21(25)23-17-7-5-6-8-17/h9-11,15,17H,5-8,12H2,1-4H3,(H,23,25). The second kappa shape index (κ2) is 9.65. The van der Waals surface area contributed by atoms with Gasteiger partial charge in [0.2, 0.25) is 0 Å². The molecule has 1 heterocycles. The van der Waals surface area contributed by atoms with Gasteiger partial charge in [-0.15, -0.1) is 0 Å². The summed E-state index contributed by atoms with van der Waals surface area (Å²) in [7, 11) is 1.49. The topological polar surface area (TPSA) is 99.9 Å². The summed E-state index contributed by atoms with van der Waals surface area (Å²) < 4.78 is 21.6. The van der Waals surface area contributed by atoms with E-state index in [1.54, 1.807) is 19.1 Å². The monoisotopic (exact) mass is 416 g/mol. The van der Waals surface area contributed by atoms with Crippen molar-refractivity contribution in [2.45, 2.75) is 65.2 Å². The number of benzene rings is 1. The highest BCUT2D eigenvalue weighted by molar-refractivity contribution is 5.92. The van der Waals surface area contributed by atoms with Crippen LogP contribution in [0.4, 0.5) is 0 Å². The molecule has 3 rings (SSSR count). The van der Waals surface area contributed by atoms with E-state index in [2.05, 4.69) is 10.5 Å². The summed E-state index contributed by atoms with van der Waals surface area (Å²) in [5.41, 5.74) is 1.90. The third kappa shape index (κ3) is 5.11. The van der Waals surface area contributed by atoms with Gasteiger partial charge in [-0.25, -0.2) is 4.79 Å². The van der Waals surface area contributed by atoms with Crippen LogP contribution in [0.15, 0.2) is 22.7 Å². The molecule has 8 nitrogen and oxygen atoms in total. The molecule has 1 atom stereocenters. The minimum absolute atomic E-state index is 0.174. The normalized spacial score (nSPS) is 14.9. The number of methoxy groups -OCH3 is 1. The van der Waals surface area contributed by atoms with E-state index in [0.29, 0.717) is 17.3 Å². The summed E-state index contributed by atoms with van der Waals surface area (Å²) in [5.74, 6) is 0.679. The number of carbonyl (C=O) groups is 2. The second-order valence-corrected chi connectivity index (χ2v) is 7.49. The van der Waals surface area contributed by atoms with E-state index in [1.165, 1.54) is 13.2 Å². The zero-order valence-electron chi connectivity index (χ0n) is 17.8. The first-order valence-electron chi connectivity index (χ1n) is 10.1. The highest BCUT2D eigenvalue weighted by atomic mass is 16.5. The molecule has 2 aromatic rings. The summed E-state index contributed by atoms with van der Waals surface area (Å²) in [6, 6.07) is 4.92. The Morgan fingerprint density at radius 2 is 1.97 bits per heavy atom. The Morgan fingerprint density at radius 3 is 2.60 bits per heavy atom. The van der Waals surface area contributed by atoms with Gasteiger partial charge in [-0.2, -0.15) is 0 Å². The molecule has 1 aliphatic rings. The van der Waals surface area contributed by atoms with E-state index >= 15 is 0 Å². The van der Waals surface area contributed by atoms with Gasteiger partial charge in [0, 0.05) is 6.04 Å². The van der Waals surface area contributed by atoms with Crippen molar-refractivity contribution in [3.63, 3.8) is 0 Å². The smallest absolute Gasteiger partial charge is 0.339 e. The van der Waals surface area contributed by atoms with Crippen LogP contribution in [0, 0.1) is 13.8 Å². The van der Waals surface area contributed by atoms with E-state index < -0.39 is 12.1 Å². The Kier molecular flexibility index (Phi) is 6.97. The van der Waals surface area contributed by atoms with Gasteiger partial charge >= 0.3 is 5.97 Å². The molecule has 1 aliphatic carbocycles. The van der Waals surface area contributed by atoms with Crippen molar-refractivity contribution in [3.8, 4) is 11.5 Å². The number of hydrogen-bond acceptors (Lipinski definition) is 7. The van der Waals surface area contributed by atoms with Crippen LogP contribution < -0.4 is 14.8 Å². The summed E-state index contributed by atoms with van der Waals surface area (Å²) in [6.07, 6.45) is 3.30. The minimum Gasteiger partial charge on any atom is -0.493 e. The summed E-state index contributed by atoms with van der Waals surface area (Å²) in [5, 5.41) is 6.83.